The van der Waals surface area contributed by atoms with E-state index in [0.717, 1.165) is 29.4 Å². The van der Waals surface area contributed by atoms with Crippen molar-refractivity contribution in [2.45, 2.75) is 44.6 Å². The summed E-state index contributed by atoms with van der Waals surface area (Å²) in [5.74, 6) is 0.311. The monoisotopic (exact) mass is 364 g/mol. The number of amidine groups is 1. The summed E-state index contributed by atoms with van der Waals surface area (Å²) in [6.07, 6.45) is 5.89. The number of nitrogens with zero attached hydrogens (tertiary/aromatic N) is 2. The highest BCUT2D eigenvalue weighted by atomic mass is 16.5. The number of aliphatic hydroxyl groups is 1. The second kappa shape index (κ2) is 7.13. The van der Waals surface area contributed by atoms with E-state index in [0.29, 0.717) is 17.8 Å². The molecule has 0 aliphatic carbocycles. The Labute approximate surface area is 158 Å². The molecular weight excluding hydrogens is 340 g/mol. The van der Waals surface area contributed by atoms with Gasteiger partial charge in [0.05, 0.1) is 17.7 Å². The van der Waals surface area contributed by atoms with Gasteiger partial charge in [-0.25, -0.2) is 0 Å². The van der Waals surface area contributed by atoms with E-state index in [1.807, 2.05) is 13.0 Å². The van der Waals surface area contributed by atoms with Crippen LogP contribution < -0.4 is 5.73 Å². The van der Waals surface area contributed by atoms with E-state index in [9.17, 15) is 5.11 Å². The smallest absolute Gasteiger partial charge is 0.138 e. The molecule has 140 valence electrons. The average Bonchev–Trinajstić information content (AvgIpc) is 3.21. The van der Waals surface area contributed by atoms with Gasteiger partial charge in [-0.3, -0.25) is 10.4 Å². The first-order valence-corrected chi connectivity index (χ1v) is 9.22. The third-order valence-electron chi connectivity index (χ3n) is 5.25. The lowest BCUT2D eigenvalue weighted by Gasteiger charge is -2.24. The summed E-state index contributed by atoms with van der Waals surface area (Å²) < 4.78 is 6.05. The highest BCUT2D eigenvalue weighted by Crippen LogP contribution is 2.30. The zero-order valence-electron chi connectivity index (χ0n) is 15.3. The Morgan fingerprint density at radius 1 is 1.37 bits per heavy atom. The highest BCUT2D eigenvalue weighted by molar-refractivity contribution is 6.01. The predicted molar refractivity (Wildman–Crippen MR) is 105 cm³/mol. The largest absolute Gasteiger partial charge is 0.404 e. The van der Waals surface area contributed by atoms with Crippen molar-refractivity contribution in [1.29, 1.82) is 5.41 Å². The molecule has 2 aromatic rings. The Morgan fingerprint density at radius 2 is 2.19 bits per heavy atom. The number of rotatable bonds is 4. The van der Waals surface area contributed by atoms with E-state index >= 15 is 0 Å². The van der Waals surface area contributed by atoms with Crippen LogP contribution in [0.25, 0.3) is 10.9 Å². The zero-order chi connectivity index (χ0) is 19.0. The van der Waals surface area contributed by atoms with Gasteiger partial charge >= 0.3 is 0 Å². The maximum atomic E-state index is 10.4. The van der Waals surface area contributed by atoms with Crippen LogP contribution in [-0.2, 0) is 11.2 Å². The van der Waals surface area contributed by atoms with Crippen LogP contribution in [0.4, 0.5) is 0 Å². The van der Waals surface area contributed by atoms with Crippen LogP contribution in [-0.4, -0.2) is 39.3 Å². The summed E-state index contributed by atoms with van der Waals surface area (Å²) in [6, 6.07) is 10.4. The lowest BCUT2D eigenvalue weighted by atomic mass is 10.0. The van der Waals surface area contributed by atoms with E-state index in [2.05, 4.69) is 29.2 Å². The van der Waals surface area contributed by atoms with Crippen LogP contribution >= 0.6 is 0 Å². The number of nitrogens with one attached hydrogen (secondary N) is 1. The molecular formula is C21H24N4O2. The Morgan fingerprint density at radius 3 is 2.96 bits per heavy atom. The molecule has 27 heavy (non-hydrogen) atoms. The quantitative estimate of drug-likeness (QED) is 0.775. The minimum Gasteiger partial charge on any atom is -0.404 e. The lowest BCUT2D eigenvalue weighted by Crippen LogP contribution is -2.33. The van der Waals surface area contributed by atoms with Gasteiger partial charge in [0.1, 0.15) is 12.1 Å². The molecule has 1 saturated heterocycles. The van der Waals surface area contributed by atoms with E-state index in [-0.39, 0.29) is 12.3 Å². The number of nitrogens with two attached hydrogens (primary N) is 1. The molecule has 2 aliphatic heterocycles. The van der Waals surface area contributed by atoms with Crippen LogP contribution in [0.3, 0.4) is 0 Å². The van der Waals surface area contributed by atoms with Crippen molar-refractivity contribution < 1.29 is 9.84 Å². The maximum Gasteiger partial charge on any atom is 0.138 e. The van der Waals surface area contributed by atoms with Gasteiger partial charge in [0.15, 0.2) is 0 Å². The van der Waals surface area contributed by atoms with E-state index in [1.165, 1.54) is 11.8 Å². The summed E-state index contributed by atoms with van der Waals surface area (Å²) >= 11 is 0. The minimum absolute atomic E-state index is 0.247. The number of hydrogen-bond donors (Lipinski definition) is 3. The van der Waals surface area contributed by atoms with Gasteiger partial charge in [0, 0.05) is 35.5 Å². The van der Waals surface area contributed by atoms with Crippen molar-refractivity contribution in [1.82, 2.24) is 9.88 Å². The van der Waals surface area contributed by atoms with Gasteiger partial charge in [-0.15, -0.1) is 0 Å². The van der Waals surface area contributed by atoms with Crippen LogP contribution in [0.5, 0.6) is 0 Å². The number of hydrogen-bond acceptors (Lipinski definition) is 5. The second-order valence-corrected chi connectivity index (χ2v) is 7.14. The number of benzene rings is 1. The molecule has 6 heteroatoms. The first-order valence-electron chi connectivity index (χ1n) is 9.22. The Hall–Kier alpha value is -2.70. The van der Waals surface area contributed by atoms with E-state index < -0.39 is 6.10 Å². The molecule has 0 radical (unpaired) electrons. The molecule has 3 heterocycles. The van der Waals surface area contributed by atoms with Crippen molar-refractivity contribution >= 4 is 16.7 Å². The molecule has 0 saturated carbocycles. The summed E-state index contributed by atoms with van der Waals surface area (Å²) in [4.78, 5) is 6.31. The fraction of sp³-hybridized carbons (Fsp3) is 0.333. The van der Waals surface area contributed by atoms with Crippen molar-refractivity contribution in [3.8, 4) is 0 Å². The molecule has 1 aromatic carbocycles. The van der Waals surface area contributed by atoms with Gasteiger partial charge < -0.3 is 20.5 Å². The lowest BCUT2D eigenvalue weighted by molar-refractivity contribution is -0.0271. The summed E-state index contributed by atoms with van der Waals surface area (Å²) in [5, 5.41) is 19.7. The van der Waals surface area contributed by atoms with E-state index in [1.54, 1.807) is 17.2 Å². The van der Waals surface area contributed by atoms with Crippen LogP contribution in [0, 0.1) is 12.3 Å². The number of ether oxygens (including phenoxy) is 1. The van der Waals surface area contributed by atoms with Crippen molar-refractivity contribution in [2.75, 3.05) is 0 Å². The van der Waals surface area contributed by atoms with Gasteiger partial charge in [-0.1, -0.05) is 18.2 Å². The third kappa shape index (κ3) is 3.46. The number of fused-ring (bicyclic) bond motifs is 1. The first-order chi connectivity index (χ1) is 13.0. The molecule has 0 bridgehead atoms. The van der Waals surface area contributed by atoms with Gasteiger partial charge in [0.25, 0.3) is 0 Å². The molecule has 0 spiro atoms. The number of aliphatic hydroxyl groups excluding tert-OH is 1. The molecule has 0 unspecified atom stereocenters. The third-order valence-corrected chi connectivity index (χ3v) is 5.25. The summed E-state index contributed by atoms with van der Waals surface area (Å²) in [7, 11) is 0. The van der Waals surface area contributed by atoms with Crippen molar-refractivity contribution in [3.05, 3.63) is 65.6 Å². The summed E-state index contributed by atoms with van der Waals surface area (Å²) in [6.45, 7) is 1.99. The number of pyridine rings is 1. The van der Waals surface area contributed by atoms with Crippen molar-refractivity contribution in [2.24, 2.45) is 5.73 Å². The van der Waals surface area contributed by atoms with Crippen LogP contribution in [0.1, 0.15) is 24.1 Å². The molecule has 4 rings (SSSR count). The Balaban J connectivity index is 1.40. The predicted octanol–water partition coefficient (Wildman–Crippen LogP) is 2.60. The van der Waals surface area contributed by atoms with Gasteiger partial charge in [-0.05, 0) is 43.5 Å². The van der Waals surface area contributed by atoms with Crippen molar-refractivity contribution in [3.63, 3.8) is 0 Å². The zero-order valence-corrected chi connectivity index (χ0v) is 15.3. The minimum atomic E-state index is -0.539. The molecule has 1 aromatic heterocycles. The van der Waals surface area contributed by atoms with Gasteiger partial charge in [0.2, 0.25) is 0 Å². The maximum absolute atomic E-state index is 10.4. The number of aromatic nitrogens is 1. The van der Waals surface area contributed by atoms with Gasteiger partial charge in [-0.2, -0.15) is 0 Å². The molecule has 1 fully saturated rings. The molecule has 0 amide bonds. The normalized spacial score (nSPS) is 26.6. The fourth-order valence-electron chi connectivity index (χ4n) is 3.71. The molecule has 4 N–H and O–H groups in total. The summed E-state index contributed by atoms with van der Waals surface area (Å²) in [5.41, 5.74) is 9.37. The number of aryl methyl sites for hydroxylation is 2. The van der Waals surface area contributed by atoms with Crippen LogP contribution in [0.2, 0.25) is 0 Å². The molecule has 6 nitrogen and oxygen atoms in total. The first kappa shape index (κ1) is 17.7. The van der Waals surface area contributed by atoms with E-state index in [4.69, 9.17) is 15.9 Å². The highest BCUT2D eigenvalue weighted by Gasteiger charge is 2.38. The average molecular weight is 364 g/mol. The van der Waals surface area contributed by atoms with Crippen LogP contribution in [0.15, 0.2) is 54.4 Å². The second-order valence-electron chi connectivity index (χ2n) is 7.14. The molecule has 3 atom stereocenters. The topological polar surface area (TPSA) is 95.5 Å². The standard InChI is InChI=1S/C21H24N4O2/c1-13-2-5-15-6-3-14(10-17(15)24-13)4-7-19-18(26)11-20(27-19)25-9-8-16(12-22)21(25)23/h2-3,5-6,8-10,12,18-20,23,26H,4,7,11,22H2,1H3/b16-12-,23-21?/t18-,19+,20+/m0/s1. The Kier molecular flexibility index (Phi) is 4.68. The molecule has 2 aliphatic rings. The fourth-order valence-corrected chi connectivity index (χ4v) is 3.71. The Bertz CT molecular complexity index is 937. The SMILES string of the molecule is Cc1ccc2ccc(CC[C@H]3O[C@@H](N4C=C/C(=C/N)C4=N)C[C@@H]3O)cc2n1.